The fourth-order valence-corrected chi connectivity index (χ4v) is 9.99. The average Bonchev–Trinajstić information content (AvgIpc) is 3.27. The number of benzene rings is 12. The summed E-state index contributed by atoms with van der Waals surface area (Å²) in [4.78, 5) is 0. The van der Waals surface area contributed by atoms with E-state index in [-0.39, 0.29) is 0 Å². The number of fused-ring (bicyclic) bond motifs is 4. The molecule has 12 rings (SSSR count). The molecule has 12 aromatic carbocycles. The molecule has 0 aliphatic heterocycles. The van der Waals surface area contributed by atoms with Crippen molar-refractivity contribution in [2.24, 2.45) is 0 Å². The third-order valence-corrected chi connectivity index (χ3v) is 12.5. The molecule has 0 aliphatic rings. The van der Waals surface area contributed by atoms with Crippen LogP contribution < -0.4 is 0 Å². The molecular formula is C56H34. The Morgan fingerprint density at radius 2 is 0.482 bits per heavy atom. The van der Waals surface area contributed by atoms with E-state index >= 15 is 0 Å². The van der Waals surface area contributed by atoms with E-state index in [0.717, 1.165) is 11.1 Å². The van der Waals surface area contributed by atoms with E-state index in [9.17, 15) is 0 Å². The van der Waals surface area contributed by atoms with Gasteiger partial charge in [0.2, 0.25) is 0 Å². The highest BCUT2D eigenvalue weighted by atomic mass is 14.2. The van der Waals surface area contributed by atoms with Gasteiger partial charge in [0.1, 0.15) is 0 Å². The normalized spacial score (nSPS) is 12.1. The van der Waals surface area contributed by atoms with Gasteiger partial charge in [0.05, 0.1) is 0 Å². The summed E-state index contributed by atoms with van der Waals surface area (Å²) < 4.78 is 0. The topological polar surface area (TPSA) is 0 Å². The van der Waals surface area contributed by atoms with E-state index in [1.165, 1.54) is 120 Å². The molecule has 0 heterocycles. The van der Waals surface area contributed by atoms with E-state index in [1.54, 1.807) is 0 Å². The first-order valence-corrected chi connectivity index (χ1v) is 19.4. The number of rotatable bonds is 5. The molecule has 0 saturated carbocycles. The zero-order valence-electron chi connectivity index (χ0n) is 30.7. The van der Waals surface area contributed by atoms with Gasteiger partial charge in [-0.15, -0.1) is 0 Å². The maximum absolute atomic E-state index is 3.95. The minimum absolute atomic E-state index is 1.13. The fourth-order valence-electron chi connectivity index (χ4n) is 9.99. The molecule has 0 amide bonds. The van der Waals surface area contributed by atoms with Crippen molar-refractivity contribution in [2.45, 2.75) is 0 Å². The van der Waals surface area contributed by atoms with E-state index < -0.39 is 0 Å². The molecule has 0 radical (unpaired) electrons. The summed E-state index contributed by atoms with van der Waals surface area (Å²) in [7, 11) is 0. The van der Waals surface area contributed by atoms with E-state index in [0.29, 0.717) is 0 Å². The summed E-state index contributed by atoms with van der Waals surface area (Å²) in [5.41, 5.74) is 9.76. The van der Waals surface area contributed by atoms with Crippen LogP contribution in [0.2, 0.25) is 0 Å². The zero-order chi connectivity index (χ0) is 37.1. The monoisotopic (exact) mass is 706 g/mol. The van der Waals surface area contributed by atoms with Gasteiger partial charge in [0, 0.05) is 0 Å². The van der Waals surface area contributed by atoms with Crippen LogP contribution >= 0.6 is 0 Å². The average molecular weight is 707 g/mol. The predicted octanol–water partition coefficient (Wildman–Crippen LogP) is 16.1. The van der Waals surface area contributed by atoms with Gasteiger partial charge in [-0.2, -0.15) is 0 Å². The first kappa shape index (κ1) is 31.1. The Bertz CT molecular complexity index is 3300. The summed E-state index contributed by atoms with van der Waals surface area (Å²) in [6.45, 7) is 7.90. The fraction of sp³-hybridized carbons (Fsp3) is 0. The molecule has 258 valence electrons. The number of hydrogen-bond acceptors (Lipinski definition) is 0. The lowest BCUT2D eigenvalue weighted by atomic mass is 9.83. The molecule has 0 spiro atoms. The van der Waals surface area contributed by atoms with Crippen LogP contribution in [0.4, 0.5) is 0 Å². The highest BCUT2D eigenvalue weighted by Crippen LogP contribution is 2.48. The van der Waals surface area contributed by atoms with Crippen molar-refractivity contribution >= 4 is 98.3 Å². The summed E-state index contributed by atoms with van der Waals surface area (Å²) in [5, 5.41) is 20.9. The third-order valence-electron chi connectivity index (χ3n) is 12.5. The van der Waals surface area contributed by atoms with Gasteiger partial charge in [-0.3, -0.25) is 0 Å². The maximum atomic E-state index is 3.95. The zero-order valence-corrected chi connectivity index (χ0v) is 30.7. The van der Waals surface area contributed by atoms with Crippen LogP contribution in [-0.2, 0) is 0 Å². The van der Waals surface area contributed by atoms with Crippen molar-refractivity contribution in [3.8, 4) is 33.4 Å². The Kier molecular flexibility index (Phi) is 6.45. The minimum atomic E-state index is 1.13. The summed E-state index contributed by atoms with van der Waals surface area (Å²) >= 11 is 0. The van der Waals surface area contributed by atoms with Gasteiger partial charge >= 0.3 is 0 Å². The van der Waals surface area contributed by atoms with Crippen molar-refractivity contribution in [1.82, 2.24) is 0 Å². The van der Waals surface area contributed by atoms with Crippen molar-refractivity contribution in [3.63, 3.8) is 0 Å². The maximum Gasteiger partial charge on any atom is -0.00201 e. The molecule has 56 heavy (non-hydrogen) atoms. The molecule has 0 saturated heterocycles. The van der Waals surface area contributed by atoms with Gasteiger partial charge < -0.3 is 0 Å². The molecular weight excluding hydrogens is 673 g/mol. The van der Waals surface area contributed by atoms with Crippen molar-refractivity contribution in [3.05, 3.63) is 194 Å². The highest BCUT2D eigenvalue weighted by molar-refractivity contribution is 6.38. The lowest BCUT2D eigenvalue weighted by Gasteiger charge is -2.20. The second-order valence-corrected chi connectivity index (χ2v) is 15.2. The van der Waals surface area contributed by atoms with Crippen molar-refractivity contribution < 1.29 is 0 Å². The van der Waals surface area contributed by atoms with Crippen LogP contribution in [-0.4, -0.2) is 0 Å². The van der Waals surface area contributed by atoms with Gasteiger partial charge in [-0.25, -0.2) is 0 Å². The van der Waals surface area contributed by atoms with Crippen LogP contribution in [0.3, 0.4) is 0 Å². The molecule has 0 aromatic heterocycles. The molecule has 0 bridgehead atoms. The molecule has 0 unspecified atom stereocenters. The summed E-state index contributed by atoms with van der Waals surface area (Å²) in [6, 6.07) is 63.7. The Morgan fingerprint density at radius 1 is 0.232 bits per heavy atom. The van der Waals surface area contributed by atoms with E-state index in [4.69, 9.17) is 0 Å². The summed E-state index contributed by atoms with van der Waals surface area (Å²) in [6.07, 6.45) is 3.80. The molecule has 12 aromatic rings. The van der Waals surface area contributed by atoms with Gasteiger partial charge in [-0.05, 0) is 131 Å². The largest absolute Gasteiger partial charge is 0.0985 e. The van der Waals surface area contributed by atoms with Gasteiger partial charge in [0.15, 0.2) is 0 Å². The van der Waals surface area contributed by atoms with Gasteiger partial charge in [0.25, 0.3) is 0 Å². The smallest absolute Gasteiger partial charge is 0.00201 e. The minimum Gasteiger partial charge on any atom is -0.0985 e. The second kappa shape index (κ2) is 11.6. The Labute approximate surface area is 324 Å². The van der Waals surface area contributed by atoms with Crippen molar-refractivity contribution in [2.75, 3.05) is 0 Å². The molecule has 0 atom stereocenters. The van der Waals surface area contributed by atoms with Gasteiger partial charge in [-0.1, -0.05) is 195 Å². The first-order valence-electron chi connectivity index (χ1n) is 19.4. The van der Waals surface area contributed by atoms with Crippen LogP contribution in [0.25, 0.3) is 132 Å². The lowest BCUT2D eigenvalue weighted by Crippen LogP contribution is -1.92. The first-order chi connectivity index (χ1) is 27.7. The Hall–Kier alpha value is -7.28. The molecule has 0 N–H and O–H groups in total. The van der Waals surface area contributed by atoms with Crippen LogP contribution in [0.15, 0.2) is 183 Å². The Morgan fingerprint density at radius 3 is 0.786 bits per heavy atom. The molecule has 0 fully saturated rings. The lowest BCUT2D eigenvalue weighted by molar-refractivity contribution is 1.63. The van der Waals surface area contributed by atoms with Crippen LogP contribution in [0, 0.1) is 0 Å². The highest BCUT2D eigenvalue weighted by Gasteiger charge is 2.20. The second-order valence-electron chi connectivity index (χ2n) is 15.2. The van der Waals surface area contributed by atoms with Crippen molar-refractivity contribution in [1.29, 1.82) is 0 Å². The predicted molar refractivity (Wildman–Crippen MR) is 245 cm³/mol. The SMILES string of the molecule is C=Cc1ccc(-c2ccc3c4cccc5c(-c6ccc7c8cccc9c(-c%10ccc(C=C)cc%10)ccc(c%10cccc6c%107)c98)ccc(c6cccc2c36)c54)cc1. The standard InChI is InChI=1S/C56H34/c1-3-33-17-21-35(22-18-33)37-25-29-49-47-15-7-11-43-39(27-31-51(55(43)47)45-13-5-9-41(37)53(45)49)40-28-32-52-46-14-6-10-42-38(36-23-19-34(4-2)20-24-36)26-30-50(54(42)46)48-16-8-12-44(40)56(48)52/h3-32H,1-2H2. The Balaban J connectivity index is 1.10. The third kappa shape index (κ3) is 4.19. The van der Waals surface area contributed by atoms with E-state index in [1.807, 2.05) is 12.2 Å². The molecule has 0 heteroatoms. The molecule has 0 nitrogen and oxygen atoms in total. The van der Waals surface area contributed by atoms with E-state index in [2.05, 4.69) is 183 Å². The van der Waals surface area contributed by atoms with Crippen LogP contribution in [0.1, 0.15) is 11.1 Å². The molecule has 0 aliphatic carbocycles. The quantitative estimate of drug-likeness (QED) is 0.123. The number of hydrogen-bond donors (Lipinski definition) is 0. The summed E-state index contributed by atoms with van der Waals surface area (Å²) in [5.74, 6) is 0. The van der Waals surface area contributed by atoms with Crippen LogP contribution in [0.5, 0.6) is 0 Å².